The van der Waals surface area contributed by atoms with E-state index in [1.54, 1.807) is 10.4 Å². The van der Waals surface area contributed by atoms with Crippen LogP contribution in [0.2, 0.25) is 0 Å². The van der Waals surface area contributed by atoms with Gasteiger partial charge in [0.1, 0.15) is 0 Å². The second-order valence-corrected chi connectivity index (χ2v) is 8.69. The maximum Gasteiger partial charge on any atom is 0.243 e. The topological polar surface area (TPSA) is 49.4 Å². The summed E-state index contributed by atoms with van der Waals surface area (Å²) in [5.74, 6) is 0. The molecule has 1 aromatic rings. The van der Waals surface area contributed by atoms with Crippen LogP contribution in [0.1, 0.15) is 56.9 Å². The van der Waals surface area contributed by atoms with Gasteiger partial charge in [0.05, 0.1) is 4.90 Å². The summed E-state index contributed by atoms with van der Waals surface area (Å²) in [5, 5.41) is 3.57. The Morgan fingerprint density at radius 2 is 1.61 bits per heavy atom. The minimum Gasteiger partial charge on any atom is -0.310 e. The van der Waals surface area contributed by atoms with E-state index in [-0.39, 0.29) is 0 Å². The van der Waals surface area contributed by atoms with E-state index in [9.17, 15) is 8.42 Å². The van der Waals surface area contributed by atoms with Crippen molar-refractivity contribution in [2.24, 2.45) is 0 Å². The van der Waals surface area contributed by atoms with Gasteiger partial charge in [0.15, 0.2) is 0 Å². The summed E-state index contributed by atoms with van der Waals surface area (Å²) in [4.78, 5) is 0.491. The highest BCUT2D eigenvalue weighted by Crippen LogP contribution is 2.24. The summed E-state index contributed by atoms with van der Waals surface area (Å²) in [7, 11) is -3.35. The van der Waals surface area contributed by atoms with Gasteiger partial charge in [-0.15, -0.1) is 0 Å². The molecule has 0 unspecified atom stereocenters. The van der Waals surface area contributed by atoms with Crippen LogP contribution in [0.15, 0.2) is 29.2 Å². The SMILES string of the molecule is O=S(=O)(c1ccccc1CNC1CCCCC1)N1CCCCC1. The largest absolute Gasteiger partial charge is 0.310 e. The zero-order valence-electron chi connectivity index (χ0n) is 13.8. The number of sulfonamides is 1. The minimum atomic E-state index is -3.35. The Balaban J connectivity index is 1.74. The highest BCUT2D eigenvalue weighted by Gasteiger charge is 2.28. The minimum absolute atomic E-state index is 0.491. The first-order valence-electron chi connectivity index (χ1n) is 8.99. The van der Waals surface area contributed by atoms with Crippen LogP contribution in [0, 0.1) is 0 Å². The first-order valence-corrected chi connectivity index (χ1v) is 10.4. The highest BCUT2D eigenvalue weighted by atomic mass is 32.2. The molecular weight excluding hydrogens is 308 g/mol. The Morgan fingerprint density at radius 1 is 0.957 bits per heavy atom. The number of hydrogen-bond acceptors (Lipinski definition) is 3. The van der Waals surface area contributed by atoms with Gasteiger partial charge < -0.3 is 5.32 Å². The third kappa shape index (κ3) is 4.14. The van der Waals surface area contributed by atoms with E-state index in [1.165, 1.54) is 32.1 Å². The first kappa shape index (κ1) is 16.9. The molecule has 0 aromatic heterocycles. The van der Waals surface area contributed by atoms with Gasteiger partial charge in [-0.1, -0.05) is 43.9 Å². The van der Waals surface area contributed by atoms with E-state index < -0.39 is 10.0 Å². The molecule has 1 saturated heterocycles. The summed E-state index contributed by atoms with van der Waals surface area (Å²) in [5.41, 5.74) is 0.906. The molecule has 128 valence electrons. The molecule has 1 aliphatic heterocycles. The van der Waals surface area contributed by atoms with E-state index in [1.807, 2.05) is 18.2 Å². The molecule has 1 saturated carbocycles. The van der Waals surface area contributed by atoms with Crippen molar-refractivity contribution in [2.45, 2.75) is 68.8 Å². The first-order chi connectivity index (χ1) is 11.2. The average molecular weight is 337 g/mol. The lowest BCUT2D eigenvalue weighted by Gasteiger charge is -2.27. The maximum atomic E-state index is 13.0. The number of nitrogens with zero attached hydrogens (tertiary/aromatic N) is 1. The molecule has 0 amide bonds. The lowest BCUT2D eigenvalue weighted by molar-refractivity contribution is 0.345. The smallest absolute Gasteiger partial charge is 0.243 e. The van der Waals surface area contributed by atoms with Gasteiger partial charge in [-0.3, -0.25) is 0 Å². The highest BCUT2D eigenvalue weighted by molar-refractivity contribution is 7.89. The monoisotopic (exact) mass is 336 g/mol. The van der Waals surface area contributed by atoms with Crippen LogP contribution in [-0.4, -0.2) is 31.9 Å². The fourth-order valence-electron chi connectivity index (χ4n) is 3.71. The number of rotatable bonds is 5. The Morgan fingerprint density at radius 3 is 2.35 bits per heavy atom. The fourth-order valence-corrected chi connectivity index (χ4v) is 5.45. The molecule has 3 rings (SSSR count). The van der Waals surface area contributed by atoms with Crippen LogP contribution in [0.25, 0.3) is 0 Å². The van der Waals surface area contributed by atoms with Crippen molar-refractivity contribution in [1.29, 1.82) is 0 Å². The van der Waals surface area contributed by atoms with E-state index >= 15 is 0 Å². The second-order valence-electron chi connectivity index (χ2n) is 6.79. The van der Waals surface area contributed by atoms with E-state index in [0.29, 0.717) is 30.6 Å². The Hall–Kier alpha value is -0.910. The normalized spacial score (nSPS) is 21.4. The van der Waals surface area contributed by atoms with Gasteiger partial charge in [0, 0.05) is 25.7 Å². The summed E-state index contributed by atoms with van der Waals surface area (Å²) < 4.78 is 27.6. The van der Waals surface area contributed by atoms with Crippen LogP contribution in [0.5, 0.6) is 0 Å². The molecular formula is C18H28N2O2S. The number of piperidine rings is 1. The zero-order chi connectivity index (χ0) is 16.1. The van der Waals surface area contributed by atoms with E-state index in [4.69, 9.17) is 0 Å². The molecule has 2 aliphatic rings. The molecule has 23 heavy (non-hydrogen) atoms. The quantitative estimate of drug-likeness (QED) is 0.898. The van der Waals surface area contributed by atoms with Gasteiger partial charge in [-0.05, 0) is 37.3 Å². The predicted octanol–water partition coefficient (Wildman–Crippen LogP) is 3.28. The molecule has 2 fully saturated rings. The number of benzene rings is 1. The van der Waals surface area contributed by atoms with Crippen molar-refractivity contribution < 1.29 is 8.42 Å². The Labute approximate surface area is 140 Å². The molecule has 1 aliphatic carbocycles. The number of hydrogen-bond donors (Lipinski definition) is 1. The van der Waals surface area contributed by atoms with Gasteiger partial charge in [-0.2, -0.15) is 4.31 Å². The summed E-state index contributed by atoms with van der Waals surface area (Å²) >= 11 is 0. The summed E-state index contributed by atoms with van der Waals surface area (Å²) in [6.07, 6.45) is 9.40. The molecule has 0 bridgehead atoms. The number of nitrogens with one attached hydrogen (secondary N) is 1. The van der Waals surface area contributed by atoms with Crippen molar-refractivity contribution >= 4 is 10.0 Å². The second kappa shape index (κ2) is 7.77. The van der Waals surface area contributed by atoms with Crippen LogP contribution in [-0.2, 0) is 16.6 Å². The molecule has 0 radical (unpaired) electrons. The van der Waals surface area contributed by atoms with Gasteiger partial charge in [0.25, 0.3) is 0 Å². The predicted molar refractivity (Wildman–Crippen MR) is 92.8 cm³/mol. The van der Waals surface area contributed by atoms with Gasteiger partial charge in [0.2, 0.25) is 10.0 Å². The average Bonchev–Trinajstić information content (AvgIpc) is 2.62. The molecule has 4 nitrogen and oxygen atoms in total. The lowest BCUT2D eigenvalue weighted by atomic mass is 9.95. The fraction of sp³-hybridized carbons (Fsp3) is 0.667. The van der Waals surface area contributed by atoms with Crippen LogP contribution >= 0.6 is 0 Å². The lowest BCUT2D eigenvalue weighted by Crippen LogP contribution is -2.37. The molecule has 0 atom stereocenters. The van der Waals surface area contributed by atoms with Gasteiger partial charge in [-0.25, -0.2) is 8.42 Å². The molecule has 5 heteroatoms. The van der Waals surface area contributed by atoms with Crippen LogP contribution < -0.4 is 5.32 Å². The van der Waals surface area contributed by atoms with Crippen molar-refractivity contribution in [3.63, 3.8) is 0 Å². The van der Waals surface area contributed by atoms with Crippen LogP contribution in [0.4, 0.5) is 0 Å². The van der Waals surface area contributed by atoms with Crippen LogP contribution in [0.3, 0.4) is 0 Å². The Kier molecular flexibility index (Phi) is 5.72. The third-order valence-corrected chi connectivity index (χ3v) is 7.09. The molecule has 1 aromatic carbocycles. The summed E-state index contributed by atoms with van der Waals surface area (Å²) in [6.45, 7) is 1.97. The Bertz CT molecular complexity index is 603. The van der Waals surface area contributed by atoms with Crippen molar-refractivity contribution in [3.8, 4) is 0 Å². The molecule has 0 spiro atoms. The van der Waals surface area contributed by atoms with Gasteiger partial charge >= 0.3 is 0 Å². The standard InChI is InChI=1S/C18H28N2O2S/c21-23(22,20-13-7-2-8-14-20)18-12-6-5-9-16(18)15-19-17-10-3-1-4-11-17/h5-6,9,12,17,19H,1-4,7-8,10-11,13-15H2. The molecule has 1 N–H and O–H groups in total. The molecule has 1 heterocycles. The van der Waals surface area contributed by atoms with Crippen molar-refractivity contribution in [1.82, 2.24) is 9.62 Å². The maximum absolute atomic E-state index is 13.0. The summed E-state index contributed by atoms with van der Waals surface area (Å²) in [6, 6.07) is 8.03. The van der Waals surface area contributed by atoms with E-state index in [0.717, 1.165) is 24.8 Å². The van der Waals surface area contributed by atoms with Crippen molar-refractivity contribution in [3.05, 3.63) is 29.8 Å². The van der Waals surface area contributed by atoms with Crippen molar-refractivity contribution in [2.75, 3.05) is 13.1 Å². The third-order valence-electron chi connectivity index (χ3n) is 5.09. The zero-order valence-corrected chi connectivity index (χ0v) is 14.7. The van der Waals surface area contributed by atoms with E-state index in [2.05, 4.69) is 5.32 Å².